The van der Waals surface area contributed by atoms with E-state index in [1.54, 1.807) is 24.0 Å². The van der Waals surface area contributed by atoms with E-state index in [0.717, 1.165) is 40.6 Å². The van der Waals surface area contributed by atoms with Crippen LogP contribution in [0, 0.1) is 19.8 Å². The molecule has 1 N–H and O–H groups in total. The maximum atomic E-state index is 13.4. The van der Waals surface area contributed by atoms with Crippen molar-refractivity contribution in [2.24, 2.45) is 13.0 Å². The molecule has 1 aromatic carbocycles. The van der Waals surface area contributed by atoms with Crippen LogP contribution >= 0.6 is 0 Å². The Balaban J connectivity index is 1.68. The summed E-state index contributed by atoms with van der Waals surface area (Å²) in [5.74, 6) is 0.666. The molecule has 0 atom stereocenters. The predicted octanol–water partition coefficient (Wildman–Crippen LogP) is 3.99. The highest BCUT2D eigenvalue weighted by Crippen LogP contribution is 2.34. The molecule has 1 fully saturated rings. The van der Waals surface area contributed by atoms with E-state index in [4.69, 9.17) is 0 Å². The maximum Gasteiger partial charge on any atom is 0.258 e. The van der Waals surface area contributed by atoms with Gasteiger partial charge in [0.15, 0.2) is 5.78 Å². The van der Waals surface area contributed by atoms with E-state index >= 15 is 0 Å². The van der Waals surface area contributed by atoms with E-state index in [9.17, 15) is 9.59 Å². The standard InChI is InChI=1S/C24H23N5O2/c1-13-4-7-16(21(30)8-15-5-6-15)9-18(13)19-10-17-11-25-28-22(20-12-26-27-14(20)2)23(17)29(3)24(19)31/h4,7,9-12,15H,5-6,8H2,1-3H3,(H,26,27). The fourth-order valence-corrected chi connectivity index (χ4v) is 4.10. The van der Waals surface area contributed by atoms with Crippen LogP contribution in [0.2, 0.25) is 0 Å². The van der Waals surface area contributed by atoms with Crippen molar-refractivity contribution in [2.45, 2.75) is 33.1 Å². The number of carbonyl (C=O) groups is 1. The normalized spacial score (nSPS) is 13.6. The van der Waals surface area contributed by atoms with Crippen LogP contribution in [-0.4, -0.2) is 30.7 Å². The molecular formula is C24H23N5O2. The zero-order valence-corrected chi connectivity index (χ0v) is 17.8. The summed E-state index contributed by atoms with van der Waals surface area (Å²) < 4.78 is 1.61. The minimum atomic E-state index is -0.141. The second-order valence-corrected chi connectivity index (χ2v) is 8.43. The van der Waals surface area contributed by atoms with Gasteiger partial charge >= 0.3 is 0 Å². The molecule has 1 aliphatic carbocycles. The molecule has 5 rings (SSSR count). The van der Waals surface area contributed by atoms with E-state index in [0.29, 0.717) is 34.7 Å². The molecule has 0 aliphatic heterocycles. The van der Waals surface area contributed by atoms with Crippen molar-refractivity contribution in [1.29, 1.82) is 0 Å². The number of benzene rings is 1. The lowest BCUT2D eigenvalue weighted by Crippen LogP contribution is -2.20. The number of Topliss-reactive ketones (excluding diaryl/α,β-unsaturated/α-hetero) is 1. The molecule has 156 valence electrons. The number of pyridine rings is 1. The minimum absolute atomic E-state index is 0.141. The number of hydrogen-bond donors (Lipinski definition) is 1. The lowest BCUT2D eigenvalue weighted by atomic mass is 9.95. The number of carbonyl (C=O) groups excluding carboxylic acids is 1. The third-order valence-corrected chi connectivity index (χ3v) is 6.13. The molecule has 4 aromatic rings. The van der Waals surface area contributed by atoms with E-state index in [2.05, 4.69) is 20.4 Å². The Bertz CT molecular complexity index is 1400. The second-order valence-electron chi connectivity index (χ2n) is 8.43. The zero-order chi connectivity index (χ0) is 21.7. The Morgan fingerprint density at radius 3 is 2.65 bits per heavy atom. The minimum Gasteiger partial charge on any atom is -0.309 e. The summed E-state index contributed by atoms with van der Waals surface area (Å²) in [4.78, 5) is 26.1. The summed E-state index contributed by atoms with van der Waals surface area (Å²) >= 11 is 0. The van der Waals surface area contributed by atoms with Crippen molar-refractivity contribution >= 4 is 16.7 Å². The van der Waals surface area contributed by atoms with Crippen LogP contribution in [0.25, 0.3) is 33.3 Å². The number of hydrogen-bond acceptors (Lipinski definition) is 5. The monoisotopic (exact) mass is 413 g/mol. The lowest BCUT2D eigenvalue weighted by Gasteiger charge is -2.13. The molecule has 3 heterocycles. The van der Waals surface area contributed by atoms with Crippen molar-refractivity contribution in [3.63, 3.8) is 0 Å². The van der Waals surface area contributed by atoms with Gasteiger partial charge in [0, 0.05) is 41.2 Å². The number of fused-ring (bicyclic) bond motifs is 1. The van der Waals surface area contributed by atoms with Crippen LogP contribution in [0.3, 0.4) is 0 Å². The number of H-pyrrole nitrogens is 1. The third kappa shape index (κ3) is 3.36. The third-order valence-electron chi connectivity index (χ3n) is 6.13. The van der Waals surface area contributed by atoms with Gasteiger partial charge in [0.25, 0.3) is 5.56 Å². The molecule has 0 saturated heterocycles. The average molecular weight is 413 g/mol. The first-order valence-electron chi connectivity index (χ1n) is 10.4. The van der Waals surface area contributed by atoms with Crippen LogP contribution in [0.5, 0.6) is 0 Å². The van der Waals surface area contributed by atoms with E-state index in [1.807, 2.05) is 38.1 Å². The fraction of sp³-hybridized carbons (Fsp3) is 0.292. The van der Waals surface area contributed by atoms with Gasteiger partial charge in [0.2, 0.25) is 0 Å². The van der Waals surface area contributed by atoms with Gasteiger partial charge in [-0.1, -0.05) is 12.1 Å². The fourth-order valence-electron chi connectivity index (χ4n) is 4.10. The smallest absolute Gasteiger partial charge is 0.258 e. The molecule has 0 spiro atoms. The molecule has 1 saturated carbocycles. The molecule has 3 aromatic heterocycles. The van der Waals surface area contributed by atoms with Gasteiger partial charge in [-0.25, -0.2) is 0 Å². The molecule has 0 amide bonds. The summed E-state index contributed by atoms with van der Waals surface area (Å²) in [6.45, 7) is 3.86. The van der Waals surface area contributed by atoms with E-state index < -0.39 is 0 Å². The van der Waals surface area contributed by atoms with Gasteiger partial charge in [-0.05, 0) is 55.9 Å². The first-order chi connectivity index (χ1) is 14.9. The number of aromatic nitrogens is 5. The van der Waals surface area contributed by atoms with Gasteiger partial charge in [-0.3, -0.25) is 14.7 Å². The summed E-state index contributed by atoms with van der Waals surface area (Å²) in [7, 11) is 1.74. The first-order valence-corrected chi connectivity index (χ1v) is 10.4. The predicted molar refractivity (Wildman–Crippen MR) is 119 cm³/mol. The Kier molecular flexibility index (Phi) is 4.54. The molecule has 7 nitrogen and oxygen atoms in total. The topological polar surface area (TPSA) is 93.5 Å². The Hall–Kier alpha value is -3.61. The second kappa shape index (κ2) is 7.27. The van der Waals surface area contributed by atoms with Crippen molar-refractivity contribution < 1.29 is 4.79 Å². The number of ketones is 1. The largest absolute Gasteiger partial charge is 0.309 e. The van der Waals surface area contributed by atoms with Crippen LogP contribution in [0.15, 0.2) is 41.5 Å². The molecule has 0 radical (unpaired) electrons. The highest BCUT2D eigenvalue weighted by atomic mass is 16.1. The number of nitrogens with one attached hydrogen (secondary N) is 1. The van der Waals surface area contributed by atoms with Crippen molar-refractivity contribution in [2.75, 3.05) is 0 Å². The molecule has 1 aliphatic rings. The van der Waals surface area contributed by atoms with E-state index in [1.165, 1.54) is 0 Å². The Labute approximate surface area is 179 Å². The number of nitrogens with zero attached hydrogens (tertiary/aromatic N) is 4. The quantitative estimate of drug-likeness (QED) is 0.500. The maximum absolute atomic E-state index is 13.4. The molecule has 0 unspecified atom stereocenters. The average Bonchev–Trinajstić information content (AvgIpc) is 3.47. The molecule has 7 heteroatoms. The van der Waals surface area contributed by atoms with Gasteiger partial charge in [-0.2, -0.15) is 10.2 Å². The number of aromatic amines is 1. The summed E-state index contributed by atoms with van der Waals surface area (Å²) in [5.41, 5.74) is 5.79. The van der Waals surface area contributed by atoms with Crippen molar-refractivity contribution in [3.8, 4) is 22.4 Å². The van der Waals surface area contributed by atoms with Crippen LogP contribution in [-0.2, 0) is 7.05 Å². The van der Waals surface area contributed by atoms with Crippen LogP contribution in [0.4, 0.5) is 0 Å². The van der Waals surface area contributed by atoms with Crippen LogP contribution < -0.4 is 5.56 Å². The molecular weight excluding hydrogens is 390 g/mol. The number of aryl methyl sites for hydroxylation is 3. The Morgan fingerprint density at radius 2 is 1.94 bits per heavy atom. The Morgan fingerprint density at radius 1 is 1.13 bits per heavy atom. The molecule has 0 bridgehead atoms. The van der Waals surface area contributed by atoms with Gasteiger partial charge in [0.1, 0.15) is 5.69 Å². The van der Waals surface area contributed by atoms with Crippen molar-refractivity contribution in [1.82, 2.24) is 25.0 Å². The SMILES string of the molecule is Cc1ccc(C(=O)CC2CC2)cc1-c1cc2cnnc(-c3cn[nH]c3C)c2n(C)c1=O. The highest BCUT2D eigenvalue weighted by Gasteiger charge is 2.25. The number of rotatable bonds is 5. The molecule has 31 heavy (non-hydrogen) atoms. The lowest BCUT2D eigenvalue weighted by molar-refractivity contribution is 0.0976. The van der Waals surface area contributed by atoms with Gasteiger partial charge in [-0.15, -0.1) is 5.10 Å². The van der Waals surface area contributed by atoms with Gasteiger partial charge < -0.3 is 4.57 Å². The summed E-state index contributed by atoms with van der Waals surface area (Å²) in [5, 5.41) is 16.2. The first kappa shape index (κ1) is 19.4. The van der Waals surface area contributed by atoms with Crippen LogP contribution in [0.1, 0.15) is 40.9 Å². The van der Waals surface area contributed by atoms with Crippen molar-refractivity contribution in [3.05, 3.63) is 63.8 Å². The summed E-state index contributed by atoms with van der Waals surface area (Å²) in [6.07, 6.45) is 6.20. The van der Waals surface area contributed by atoms with Gasteiger partial charge in [0.05, 0.1) is 17.9 Å². The highest BCUT2D eigenvalue weighted by molar-refractivity contribution is 5.98. The zero-order valence-electron chi connectivity index (χ0n) is 17.8. The summed E-state index contributed by atoms with van der Waals surface area (Å²) in [6, 6.07) is 7.49. The van der Waals surface area contributed by atoms with E-state index in [-0.39, 0.29) is 11.3 Å².